The molecule has 0 aromatic heterocycles. The lowest BCUT2D eigenvalue weighted by Gasteiger charge is -2.30. The van der Waals surface area contributed by atoms with Crippen LogP contribution in [-0.2, 0) is 0 Å². The van der Waals surface area contributed by atoms with Crippen molar-refractivity contribution in [1.29, 1.82) is 0 Å². The van der Waals surface area contributed by atoms with Crippen LogP contribution in [-0.4, -0.2) is 61.7 Å². The molecule has 0 spiro atoms. The van der Waals surface area contributed by atoms with Crippen molar-refractivity contribution in [3.05, 3.63) is 0 Å². The van der Waals surface area contributed by atoms with Gasteiger partial charge < -0.3 is 5.32 Å². The van der Waals surface area contributed by atoms with E-state index < -0.39 is 0 Å². The molecule has 1 saturated heterocycles. The molecule has 3 nitrogen and oxygen atoms in total. The maximum Gasteiger partial charge on any atom is 0.0112 e. The monoisotopic (exact) mass is 223 g/mol. The van der Waals surface area contributed by atoms with E-state index in [4.69, 9.17) is 0 Å². The van der Waals surface area contributed by atoms with Gasteiger partial charge in [-0.05, 0) is 31.6 Å². The molecule has 0 bridgehead atoms. The van der Waals surface area contributed by atoms with Crippen LogP contribution >= 0.6 is 0 Å². The molecule has 1 N–H and O–H groups in total. The predicted octanol–water partition coefficient (Wildman–Crippen LogP) is 0.766. The minimum absolute atomic E-state index is 0.962. The molecule has 0 atom stereocenters. The molecule has 3 fully saturated rings. The average molecular weight is 223 g/mol. The van der Waals surface area contributed by atoms with E-state index in [1.54, 1.807) is 0 Å². The topological polar surface area (TPSA) is 18.5 Å². The number of nitrogens with one attached hydrogen (secondary N) is 1. The summed E-state index contributed by atoms with van der Waals surface area (Å²) in [4.78, 5) is 5.40. The van der Waals surface area contributed by atoms with Crippen molar-refractivity contribution in [3.63, 3.8) is 0 Å². The molecule has 3 aliphatic rings. The normalized spacial score (nSPS) is 27.6. The van der Waals surface area contributed by atoms with Gasteiger partial charge in [0.1, 0.15) is 0 Å². The Balaban J connectivity index is 1.39. The van der Waals surface area contributed by atoms with E-state index in [0.717, 1.165) is 12.0 Å². The van der Waals surface area contributed by atoms with E-state index in [1.165, 1.54) is 71.5 Å². The number of piperazine rings is 1. The first-order valence-corrected chi connectivity index (χ1v) is 7.09. The zero-order valence-corrected chi connectivity index (χ0v) is 10.3. The van der Waals surface area contributed by atoms with Crippen molar-refractivity contribution in [1.82, 2.24) is 15.1 Å². The smallest absolute Gasteiger partial charge is 0.0112 e. The molecule has 1 aliphatic heterocycles. The molecule has 0 radical (unpaired) electrons. The molecular weight excluding hydrogens is 198 g/mol. The molecule has 2 aliphatic carbocycles. The van der Waals surface area contributed by atoms with E-state index in [2.05, 4.69) is 15.1 Å². The number of hydrogen-bond donors (Lipinski definition) is 1. The van der Waals surface area contributed by atoms with Crippen LogP contribution in [0.5, 0.6) is 0 Å². The molecular formula is C13H25N3. The molecule has 0 amide bonds. The van der Waals surface area contributed by atoms with Crippen molar-refractivity contribution in [2.75, 3.05) is 45.8 Å². The SMILES string of the molecule is C1CN(CCN(CC2CC2)C2CC2)CCN1. The van der Waals surface area contributed by atoms with Crippen molar-refractivity contribution in [3.8, 4) is 0 Å². The van der Waals surface area contributed by atoms with Crippen LogP contribution in [0.25, 0.3) is 0 Å². The first-order chi connectivity index (χ1) is 7.92. The van der Waals surface area contributed by atoms with E-state index in [-0.39, 0.29) is 0 Å². The highest BCUT2D eigenvalue weighted by atomic mass is 15.2. The first-order valence-electron chi connectivity index (χ1n) is 7.09. The van der Waals surface area contributed by atoms with Crippen molar-refractivity contribution in [2.45, 2.75) is 31.7 Å². The summed E-state index contributed by atoms with van der Waals surface area (Å²) in [5, 5.41) is 3.42. The van der Waals surface area contributed by atoms with E-state index in [9.17, 15) is 0 Å². The van der Waals surface area contributed by atoms with Crippen LogP contribution in [0.3, 0.4) is 0 Å². The Hall–Kier alpha value is -0.120. The molecule has 2 saturated carbocycles. The summed E-state index contributed by atoms with van der Waals surface area (Å²) in [6.07, 6.45) is 5.93. The minimum Gasteiger partial charge on any atom is -0.314 e. The van der Waals surface area contributed by atoms with Crippen LogP contribution in [0.15, 0.2) is 0 Å². The van der Waals surface area contributed by atoms with Gasteiger partial charge in [0.25, 0.3) is 0 Å². The third-order valence-corrected chi connectivity index (χ3v) is 4.17. The Labute approximate surface area is 99.2 Å². The third-order valence-electron chi connectivity index (χ3n) is 4.17. The second kappa shape index (κ2) is 5.03. The van der Waals surface area contributed by atoms with Gasteiger partial charge in [-0.15, -0.1) is 0 Å². The lowest BCUT2D eigenvalue weighted by Crippen LogP contribution is -2.46. The summed E-state index contributed by atoms with van der Waals surface area (Å²) < 4.78 is 0. The minimum atomic E-state index is 0.962. The van der Waals surface area contributed by atoms with E-state index in [0.29, 0.717) is 0 Å². The van der Waals surface area contributed by atoms with Gasteiger partial charge in [0, 0.05) is 51.9 Å². The van der Waals surface area contributed by atoms with Crippen LogP contribution < -0.4 is 5.32 Å². The molecule has 0 aromatic rings. The molecule has 0 unspecified atom stereocenters. The van der Waals surface area contributed by atoms with Gasteiger partial charge in [-0.25, -0.2) is 0 Å². The first kappa shape index (κ1) is 11.0. The summed E-state index contributed by atoms with van der Waals surface area (Å²) in [6.45, 7) is 8.89. The van der Waals surface area contributed by atoms with Crippen molar-refractivity contribution >= 4 is 0 Å². The second-order valence-corrected chi connectivity index (χ2v) is 5.76. The number of nitrogens with zero attached hydrogens (tertiary/aromatic N) is 2. The van der Waals surface area contributed by atoms with Crippen LogP contribution in [0, 0.1) is 5.92 Å². The Morgan fingerprint density at radius 3 is 2.44 bits per heavy atom. The lowest BCUT2D eigenvalue weighted by atomic mass is 10.3. The van der Waals surface area contributed by atoms with Crippen LogP contribution in [0.4, 0.5) is 0 Å². The summed E-state index contributed by atoms with van der Waals surface area (Å²) in [5.74, 6) is 1.06. The molecule has 3 rings (SSSR count). The van der Waals surface area contributed by atoms with Gasteiger partial charge in [0.05, 0.1) is 0 Å². The van der Waals surface area contributed by atoms with Gasteiger partial charge >= 0.3 is 0 Å². The number of hydrogen-bond acceptors (Lipinski definition) is 3. The average Bonchev–Trinajstić information content (AvgIpc) is 3.16. The van der Waals surface area contributed by atoms with Crippen molar-refractivity contribution in [2.24, 2.45) is 5.92 Å². The molecule has 3 heteroatoms. The van der Waals surface area contributed by atoms with Gasteiger partial charge in [0.15, 0.2) is 0 Å². The molecule has 0 aromatic carbocycles. The van der Waals surface area contributed by atoms with Crippen LogP contribution in [0.1, 0.15) is 25.7 Å². The zero-order valence-electron chi connectivity index (χ0n) is 10.3. The molecule has 16 heavy (non-hydrogen) atoms. The standard InChI is InChI=1S/C13H25N3/c1-2-12(1)11-16(13-3-4-13)10-9-15-7-5-14-6-8-15/h12-14H,1-11H2. The van der Waals surface area contributed by atoms with Crippen molar-refractivity contribution < 1.29 is 0 Å². The predicted molar refractivity (Wildman–Crippen MR) is 66.6 cm³/mol. The lowest BCUT2D eigenvalue weighted by molar-refractivity contribution is 0.179. The van der Waals surface area contributed by atoms with Gasteiger partial charge in [0.2, 0.25) is 0 Å². The fraction of sp³-hybridized carbons (Fsp3) is 1.00. The van der Waals surface area contributed by atoms with E-state index in [1.807, 2.05) is 0 Å². The highest BCUT2D eigenvalue weighted by Gasteiger charge is 2.33. The number of rotatable bonds is 6. The van der Waals surface area contributed by atoms with Gasteiger partial charge in [-0.3, -0.25) is 9.80 Å². The Bertz CT molecular complexity index is 217. The Morgan fingerprint density at radius 2 is 1.81 bits per heavy atom. The largest absolute Gasteiger partial charge is 0.314 e. The summed E-state index contributed by atoms with van der Waals surface area (Å²) in [7, 11) is 0. The fourth-order valence-corrected chi connectivity index (χ4v) is 2.70. The zero-order chi connectivity index (χ0) is 10.8. The third kappa shape index (κ3) is 3.19. The summed E-state index contributed by atoms with van der Waals surface area (Å²) >= 11 is 0. The summed E-state index contributed by atoms with van der Waals surface area (Å²) in [6, 6.07) is 0.962. The quantitative estimate of drug-likeness (QED) is 0.717. The maximum atomic E-state index is 3.42. The highest BCUT2D eigenvalue weighted by Crippen LogP contribution is 2.34. The maximum absolute atomic E-state index is 3.42. The van der Waals surface area contributed by atoms with Gasteiger partial charge in [-0.2, -0.15) is 0 Å². The van der Waals surface area contributed by atoms with Crippen LogP contribution in [0.2, 0.25) is 0 Å². The van der Waals surface area contributed by atoms with Gasteiger partial charge in [-0.1, -0.05) is 0 Å². The second-order valence-electron chi connectivity index (χ2n) is 5.76. The molecule has 1 heterocycles. The molecule has 92 valence electrons. The summed E-state index contributed by atoms with van der Waals surface area (Å²) in [5.41, 5.74) is 0. The highest BCUT2D eigenvalue weighted by molar-refractivity contribution is 4.88. The fourth-order valence-electron chi connectivity index (χ4n) is 2.70. The van der Waals surface area contributed by atoms with E-state index >= 15 is 0 Å². The Morgan fingerprint density at radius 1 is 1.06 bits per heavy atom. The Kier molecular flexibility index (Phi) is 3.46.